The molecule has 2 fully saturated rings. The van der Waals surface area contributed by atoms with Gasteiger partial charge >= 0.3 is 0 Å². The Morgan fingerprint density at radius 2 is 2.24 bits per heavy atom. The molecule has 3 atom stereocenters. The van der Waals surface area contributed by atoms with Gasteiger partial charge in [-0.1, -0.05) is 6.07 Å². The summed E-state index contributed by atoms with van der Waals surface area (Å²) in [6, 6.07) is 8.98. The van der Waals surface area contributed by atoms with E-state index in [1.807, 2.05) is 18.0 Å². The zero-order valence-corrected chi connectivity index (χ0v) is 15.0. The first-order valence-electron chi connectivity index (χ1n) is 9.19. The van der Waals surface area contributed by atoms with Crippen molar-refractivity contribution >= 4 is 16.8 Å². The fraction of sp³-hybridized carbons (Fsp3) is 0.550. The van der Waals surface area contributed by atoms with Crippen molar-refractivity contribution in [3.8, 4) is 0 Å². The van der Waals surface area contributed by atoms with E-state index in [1.54, 1.807) is 6.92 Å². The van der Waals surface area contributed by atoms with Crippen molar-refractivity contribution in [1.82, 2.24) is 14.8 Å². The summed E-state index contributed by atoms with van der Waals surface area (Å²) in [5.74, 6) is 0.543. The maximum absolute atomic E-state index is 12.1. The number of aliphatic hydroxyl groups excluding tert-OH is 1. The van der Waals surface area contributed by atoms with Crippen molar-refractivity contribution in [1.29, 1.82) is 0 Å². The third-order valence-corrected chi connectivity index (χ3v) is 6.10. The molecule has 5 heteroatoms. The molecule has 2 saturated heterocycles. The van der Waals surface area contributed by atoms with Crippen molar-refractivity contribution in [2.45, 2.75) is 44.8 Å². The number of aromatic amines is 1. The number of nitrogens with one attached hydrogen (secondary N) is 1. The first-order chi connectivity index (χ1) is 12.0. The second-order valence-corrected chi connectivity index (χ2v) is 8.00. The minimum absolute atomic E-state index is 0.0454. The fourth-order valence-electron chi connectivity index (χ4n) is 5.06. The van der Waals surface area contributed by atoms with Crippen LogP contribution in [0.2, 0.25) is 0 Å². The molecule has 0 aliphatic carbocycles. The van der Waals surface area contributed by atoms with Gasteiger partial charge in [0.25, 0.3) is 0 Å². The highest BCUT2D eigenvalue weighted by atomic mass is 16.3. The lowest BCUT2D eigenvalue weighted by atomic mass is 9.89. The van der Waals surface area contributed by atoms with Gasteiger partial charge in [-0.25, -0.2) is 0 Å². The highest BCUT2D eigenvalue weighted by Gasteiger charge is 2.51. The summed E-state index contributed by atoms with van der Waals surface area (Å²) < 4.78 is 0. The number of piperidine rings is 1. The maximum atomic E-state index is 12.1. The van der Waals surface area contributed by atoms with Crippen LogP contribution in [0.3, 0.4) is 0 Å². The summed E-state index contributed by atoms with van der Waals surface area (Å²) in [7, 11) is 0. The zero-order chi connectivity index (χ0) is 17.6. The molecule has 0 bridgehead atoms. The van der Waals surface area contributed by atoms with Crippen LogP contribution in [0.5, 0.6) is 0 Å². The van der Waals surface area contributed by atoms with Gasteiger partial charge in [0.05, 0.1) is 12.1 Å². The Balaban J connectivity index is 1.48. The molecule has 1 aromatic carbocycles. The van der Waals surface area contributed by atoms with Crippen molar-refractivity contribution in [2.24, 2.45) is 5.92 Å². The molecule has 0 saturated carbocycles. The highest BCUT2D eigenvalue weighted by Crippen LogP contribution is 2.42. The minimum atomic E-state index is -0.402. The fourth-order valence-corrected chi connectivity index (χ4v) is 5.06. The number of amides is 1. The predicted octanol–water partition coefficient (Wildman–Crippen LogP) is 2.36. The van der Waals surface area contributed by atoms with Gasteiger partial charge in [-0.2, -0.15) is 0 Å². The monoisotopic (exact) mass is 341 g/mol. The normalized spacial score (nSPS) is 30.0. The van der Waals surface area contributed by atoms with Gasteiger partial charge in [0.1, 0.15) is 0 Å². The summed E-state index contributed by atoms with van der Waals surface area (Å²) in [6.07, 6.45) is 3.86. The summed E-state index contributed by atoms with van der Waals surface area (Å²) >= 11 is 0. The number of hydrogen-bond acceptors (Lipinski definition) is 3. The lowest BCUT2D eigenvalue weighted by Gasteiger charge is -2.40. The summed E-state index contributed by atoms with van der Waals surface area (Å²) in [5.41, 5.74) is 2.10. The number of benzene rings is 1. The molecule has 4 rings (SSSR count). The molecule has 1 aromatic heterocycles. The second kappa shape index (κ2) is 6.15. The lowest BCUT2D eigenvalue weighted by Crippen LogP contribution is -2.52. The molecule has 134 valence electrons. The minimum Gasteiger partial charge on any atom is -0.394 e. The van der Waals surface area contributed by atoms with Crippen LogP contribution in [0.1, 0.15) is 32.3 Å². The van der Waals surface area contributed by atoms with Crippen LogP contribution in [0, 0.1) is 5.92 Å². The van der Waals surface area contributed by atoms with Crippen molar-refractivity contribution in [2.75, 3.05) is 19.7 Å². The average Bonchev–Trinajstić information content (AvgIpc) is 3.15. The van der Waals surface area contributed by atoms with E-state index in [4.69, 9.17) is 0 Å². The van der Waals surface area contributed by atoms with Gasteiger partial charge in [0, 0.05) is 44.3 Å². The number of fused-ring (bicyclic) bond motifs is 2. The molecule has 1 amide bonds. The van der Waals surface area contributed by atoms with Gasteiger partial charge < -0.3 is 15.0 Å². The van der Waals surface area contributed by atoms with Gasteiger partial charge in [0.15, 0.2) is 0 Å². The van der Waals surface area contributed by atoms with E-state index in [1.165, 1.54) is 16.5 Å². The number of nitrogens with zero attached hydrogens (tertiary/aromatic N) is 2. The van der Waals surface area contributed by atoms with E-state index in [2.05, 4.69) is 34.1 Å². The molecular weight excluding hydrogens is 314 g/mol. The molecule has 0 radical (unpaired) electrons. The smallest absolute Gasteiger partial charge is 0.220 e. The average molecular weight is 341 g/mol. The van der Waals surface area contributed by atoms with Crippen LogP contribution >= 0.6 is 0 Å². The number of aliphatic hydroxyl groups is 1. The van der Waals surface area contributed by atoms with E-state index in [0.717, 1.165) is 32.5 Å². The van der Waals surface area contributed by atoms with Crippen LogP contribution in [-0.4, -0.2) is 57.1 Å². The van der Waals surface area contributed by atoms with Crippen LogP contribution in [0.25, 0.3) is 10.9 Å². The maximum Gasteiger partial charge on any atom is 0.220 e. The van der Waals surface area contributed by atoms with Crippen molar-refractivity contribution < 1.29 is 9.90 Å². The van der Waals surface area contributed by atoms with Gasteiger partial charge in [-0.05, 0) is 54.8 Å². The third-order valence-electron chi connectivity index (χ3n) is 6.10. The van der Waals surface area contributed by atoms with E-state index < -0.39 is 5.54 Å². The Kier molecular flexibility index (Phi) is 4.08. The molecule has 25 heavy (non-hydrogen) atoms. The Labute approximate surface area is 148 Å². The molecule has 2 aromatic rings. The number of carbonyl (C=O) groups excluding carboxylic acids is 1. The zero-order valence-electron chi connectivity index (χ0n) is 15.0. The number of H-pyrrole nitrogens is 1. The Bertz CT molecular complexity index is 786. The van der Waals surface area contributed by atoms with Crippen LogP contribution in [0.4, 0.5) is 0 Å². The number of rotatable bonds is 3. The number of carbonyl (C=O) groups is 1. The van der Waals surface area contributed by atoms with E-state index >= 15 is 0 Å². The second-order valence-electron chi connectivity index (χ2n) is 8.00. The first kappa shape index (κ1) is 16.6. The Morgan fingerprint density at radius 1 is 1.40 bits per heavy atom. The third kappa shape index (κ3) is 2.85. The van der Waals surface area contributed by atoms with Gasteiger partial charge in [0.2, 0.25) is 5.91 Å². The topological polar surface area (TPSA) is 59.6 Å². The van der Waals surface area contributed by atoms with Crippen molar-refractivity contribution in [3.63, 3.8) is 0 Å². The van der Waals surface area contributed by atoms with Gasteiger partial charge in [-0.15, -0.1) is 0 Å². The largest absolute Gasteiger partial charge is 0.394 e. The molecule has 0 unspecified atom stereocenters. The molecule has 2 aliphatic rings. The lowest BCUT2D eigenvalue weighted by molar-refractivity contribution is -0.137. The predicted molar refractivity (Wildman–Crippen MR) is 98.1 cm³/mol. The molecule has 2 N–H and O–H groups in total. The highest BCUT2D eigenvalue weighted by molar-refractivity contribution is 5.79. The summed E-state index contributed by atoms with van der Waals surface area (Å²) in [6.45, 7) is 6.64. The Morgan fingerprint density at radius 3 is 3.00 bits per heavy atom. The standard InChI is InChI=1S/C20H27N3O2/c1-14(25)23-19-6-8-22(12-17(19)10-20(23,2)13-24)11-15-3-4-18-16(9-15)5-7-21-18/h3-5,7,9,17,19,21,24H,6,8,10-13H2,1-2H3/t17-,19-,20+/m0/s1. The SMILES string of the molecule is CC(=O)N1[C@H]2CCN(Cc3ccc4[nH]ccc4c3)C[C@@H]2C[C@]1(C)CO. The van der Waals surface area contributed by atoms with Gasteiger partial charge in [-0.3, -0.25) is 9.69 Å². The van der Waals surface area contributed by atoms with Crippen LogP contribution in [-0.2, 0) is 11.3 Å². The van der Waals surface area contributed by atoms with Crippen LogP contribution in [0.15, 0.2) is 30.5 Å². The summed E-state index contributed by atoms with van der Waals surface area (Å²) in [5, 5.41) is 11.1. The van der Waals surface area contributed by atoms with E-state index in [0.29, 0.717) is 5.92 Å². The molecule has 3 heterocycles. The molecule has 5 nitrogen and oxygen atoms in total. The van der Waals surface area contributed by atoms with Crippen LogP contribution < -0.4 is 0 Å². The molecule has 2 aliphatic heterocycles. The number of likely N-dealkylation sites (tertiary alicyclic amines) is 2. The number of aromatic nitrogens is 1. The number of hydrogen-bond donors (Lipinski definition) is 2. The van der Waals surface area contributed by atoms with Crippen molar-refractivity contribution in [3.05, 3.63) is 36.0 Å². The summed E-state index contributed by atoms with van der Waals surface area (Å²) in [4.78, 5) is 19.8. The quantitative estimate of drug-likeness (QED) is 0.901. The first-order valence-corrected chi connectivity index (χ1v) is 9.19. The van der Waals surface area contributed by atoms with E-state index in [-0.39, 0.29) is 18.6 Å². The van der Waals surface area contributed by atoms with E-state index in [9.17, 15) is 9.90 Å². The Hall–Kier alpha value is -1.85. The molecular formula is C20H27N3O2. The molecule has 0 spiro atoms.